The van der Waals surface area contributed by atoms with E-state index in [9.17, 15) is 14.4 Å². The van der Waals surface area contributed by atoms with Crippen LogP contribution >= 0.6 is 0 Å². The molecule has 5 nitrogen and oxygen atoms in total. The molecule has 3 amide bonds. The van der Waals surface area contributed by atoms with Crippen LogP contribution in [-0.4, -0.2) is 17.7 Å². The van der Waals surface area contributed by atoms with Gasteiger partial charge in [-0.3, -0.25) is 19.7 Å². The van der Waals surface area contributed by atoms with E-state index >= 15 is 0 Å². The zero-order chi connectivity index (χ0) is 15.9. The predicted molar refractivity (Wildman–Crippen MR) is 82.1 cm³/mol. The maximum Gasteiger partial charge on any atom is 0.261 e. The van der Waals surface area contributed by atoms with Crippen LogP contribution in [0.5, 0.6) is 0 Å². The third-order valence-corrected chi connectivity index (χ3v) is 3.65. The van der Waals surface area contributed by atoms with Crippen molar-refractivity contribution in [3.8, 4) is 0 Å². The molecule has 0 radical (unpaired) electrons. The molecule has 0 aliphatic carbocycles. The molecular weight excluding hydrogens is 280 g/mol. The summed E-state index contributed by atoms with van der Waals surface area (Å²) in [6, 6.07) is 10.4. The number of fused-ring (bicyclic) bond motifs is 1. The fourth-order valence-corrected chi connectivity index (χ4v) is 2.49. The minimum Gasteiger partial charge on any atom is -0.321 e. The first-order valence-corrected chi connectivity index (χ1v) is 6.84. The van der Waals surface area contributed by atoms with Crippen LogP contribution in [0.2, 0.25) is 0 Å². The summed E-state index contributed by atoms with van der Waals surface area (Å²) in [4.78, 5) is 35.9. The smallest absolute Gasteiger partial charge is 0.261 e. The van der Waals surface area contributed by atoms with Crippen molar-refractivity contribution >= 4 is 23.4 Å². The summed E-state index contributed by atoms with van der Waals surface area (Å²) in [7, 11) is 0. The minimum absolute atomic E-state index is 0.214. The van der Waals surface area contributed by atoms with Gasteiger partial charge in [0, 0.05) is 5.56 Å². The van der Waals surface area contributed by atoms with E-state index in [1.54, 1.807) is 24.3 Å². The molecule has 0 saturated carbocycles. The van der Waals surface area contributed by atoms with Gasteiger partial charge in [-0.2, -0.15) is 0 Å². The van der Waals surface area contributed by atoms with Crippen molar-refractivity contribution in [2.24, 2.45) is 0 Å². The molecule has 0 saturated heterocycles. The molecule has 22 heavy (non-hydrogen) atoms. The molecule has 110 valence electrons. The molecule has 5 heteroatoms. The quantitative estimate of drug-likeness (QED) is 0.835. The highest BCUT2D eigenvalue weighted by molar-refractivity contribution is 6.25. The molecule has 0 spiro atoms. The molecule has 1 heterocycles. The highest BCUT2D eigenvalue weighted by atomic mass is 16.2. The largest absolute Gasteiger partial charge is 0.321 e. The Hall–Kier alpha value is -2.95. The summed E-state index contributed by atoms with van der Waals surface area (Å²) < 4.78 is 0. The van der Waals surface area contributed by atoms with Crippen molar-refractivity contribution in [3.05, 3.63) is 64.2 Å². The van der Waals surface area contributed by atoms with E-state index < -0.39 is 11.8 Å². The van der Waals surface area contributed by atoms with Crippen molar-refractivity contribution in [3.63, 3.8) is 0 Å². The molecule has 1 aliphatic heterocycles. The van der Waals surface area contributed by atoms with Gasteiger partial charge < -0.3 is 5.32 Å². The van der Waals surface area contributed by atoms with Crippen LogP contribution in [0.15, 0.2) is 36.4 Å². The van der Waals surface area contributed by atoms with Gasteiger partial charge in [0.05, 0.1) is 16.8 Å². The number of carbonyl (C=O) groups excluding carboxylic acids is 3. The highest BCUT2D eigenvalue weighted by Gasteiger charge is 2.29. The number of hydrogen-bond acceptors (Lipinski definition) is 3. The number of hydrogen-bond donors (Lipinski definition) is 2. The second-order valence-corrected chi connectivity index (χ2v) is 5.28. The third kappa shape index (κ3) is 2.26. The summed E-state index contributed by atoms with van der Waals surface area (Å²) >= 11 is 0. The molecule has 0 unspecified atom stereocenters. The molecule has 0 fully saturated rings. The lowest BCUT2D eigenvalue weighted by Gasteiger charge is -2.10. The minimum atomic E-state index is -0.489. The number of amides is 3. The summed E-state index contributed by atoms with van der Waals surface area (Å²) in [6.45, 7) is 3.75. The third-order valence-electron chi connectivity index (χ3n) is 3.65. The average Bonchev–Trinajstić information content (AvgIpc) is 2.77. The van der Waals surface area contributed by atoms with Crippen molar-refractivity contribution in [2.75, 3.05) is 5.32 Å². The molecule has 2 N–H and O–H groups in total. The van der Waals surface area contributed by atoms with Crippen LogP contribution < -0.4 is 10.6 Å². The van der Waals surface area contributed by atoms with Gasteiger partial charge in [0.15, 0.2) is 0 Å². The average molecular weight is 294 g/mol. The van der Waals surface area contributed by atoms with E-state index in [4.69, 9.17) is 0 Å². The summed E-state index contributed by atoms with van der Waals surface area (Å²) in [5.41, 5.74) is 3.20. The van der Waals surface area contributed by atoms with Gasteiger partial charge in [-0.25, -0.2) is 0 Å². The fraction of sp³-hybridized carbons (Fsp3) is 0.118. The van der Waals surface area contributed by atoms with E-state index in [2.05, 4.69) is 10.6 Å². The number of imide groups is 1. The number of rotatable bonds is 2. The molecule has 0 bridgehead atoms. The van der Waals surface area contributed by atoms with Crippen molar-refractivity contribution in [1.29, 1.82) is 0 Å². The number of benzene rings is 2. The first-order chi connectivity index (χ1) is 10.5. The van der Waals surface area contributed by atoms with Crippen molar-refractivity contribution in [2.45, 2.75) is 13.8 Å². The van der Waals surface area contributed by atoms with Crippen LogP contribution in [0.4, 0.5) is 5.69 Å². The van der Waals surface area contributed by atoms with E-state index in [1.165, 1.54) is 0 Å². The maximum absolute atomic E-state index is 12.4. The first-order valence-electron chi connectivity index (χ1n) is 6.84. The van der Waals surface area contributed by atoms with Gasteiger partial charge in [-0.1, -0.05) is 23.8 Å². The second-order valence-electron chi connectivity index (χ2n) is 5.28. The van der Waals surface area contributed by atoms with E-state index in [0.29, 0.717) is 11.3 Å². The van der Waals surface area contributed by atoms with E-state index in [0.717, 1.165) is 11.1 Å². The van der Waals surface area contributed by atoms with Crippen molar-refractivity contribution < 1.29 is 14.4 Å². The normalized spacial score (nSPS) is 12.8. The van der Waals surface area contributed by atoms with Gasteiger partial charge >= 0.3 is 0 Å². The monoisotopic (exact) mass is 294 g/mol. The van der Waals surface area contributed by atoms with E-state index in [-0.39, 0.29) is 17.0 Å². The fourth-order valence-electron chi connectivity index (χ4n) is 2.49. The van der Waals surface area contributed by atoms with Crippen LogP contribution in [0.25, 0.3) is 0 Å². The number of nitrogens with one attached hydrogen (secondary N) is 2. The summed E-state index contributed by atoms with van der Waals surface area (Å²) in [5, 5.41) is 4.95. The van der Waals surface area contributed by atoms with Gasteiger partial charge in [-0.05, 0) is 37.6 Å². The van der Waals surface area contributed by atoms with Gasteiger partial charge in [0.2, 0.25) is 0 Å². The van der Waals surface area contributed by atoms with Crippen LogP contribution in [0.3, 0.4) is 0 Å². The SMILES string of the molecule is Cc1ccc(C)c(C(=O)Nc2cccc3c2C(=O)NC3=O)c1. The molecule has 3 rings (SSSR count). The number of anilines is 1. The Kier molecular flexibility index (Phi) is 3.25. The van der Waals surface area contributed by atoms with Gasteiger partial charge in [0.1, 0.15) is 0 Å². The molecule has 1 aliphatic rings. The van der Waals surface area contributed by atoms with Gasteiger partial charge in [-0.15, -0.1) is 0 Å². The van der Waals surface area contributed by atoms with Crippen LogP contribution in [0.1, 0.15) is 42.2 Å². The summed E-state index contributed by atoms with van der Waals surface area (Å²) in [6.07, 6.45) is 0. The Balaban J connectivity index is 1.98. The Morgan fingerprint density at radius 3 is 2.59 bits per heavy atom. The molecule has 0 atom stereocenters. The Labute approximate surface area is 127 Å². The second kappa shape index (κ2) is 5.11. The molecule has 2 aromatic carbocycles. The molecule has 0 aromatic heterocycles. The number of carbonyl (C=O) groups is 3. The molecular formula is C17H14N2O3. The van der Waals surface area contributed by atoms with Gasteiger partial charge in [0.25, 0.3) is 17.7 Å². The lowest BCUT2D eigenvalue weighted by atomic mass is 10.0. The standard InChI is InChI=1S/C17H14N2O3/c1-9-6-7-10(2)12(8-9)16(21)18-13-5-3-4-11-14(13)17(22)19-15(11)20/h3-8H,1-2H3,(H,18,21)(H,19,20,22). The Morgan fingerprint density at radius 2 is 1.82 bits per heavy atom. The predicted octanol–water partition coefficient (Wildman–Crippen LogP) is 2.44. The Bertz CT molecular complexity index is 825. The number of aryl methyl sites for hydroxylation is 2. The zero-order valence-corrected chi connectivity index (χ0v) is 12.2. The topological polar surface area (TPSA) is 75.3 Å². The zero-order valence-electron chi connectivity index (χ0n) is 12.2. The highest BCUT2D eigenvalue weighted by Crippen LogP contribution is 2.25. The first kappa shape index (κ1) is 14.0. The Morgan fingerprint density at radius 1 is 1.05 bits per heavy atom. The van der Waals surface area contributed by atoms with Crippen LogP contribution in [-0.2, 0) is 0 Å². The van der Waals surface area contributed by atoms with Crippen LogP contribution in [0, 0.1) is 13.8 Å². The van der Waals surface area contributed by atoms with Crippen molar-refractivity contribution in [1.82, 2.24) is 5.32 Å². The summed E-state index contributed by atoms with van der Waals surface area (Å²) in [5.74, 6) is -1.23. The lowest BCUT2D eigenvalue weighted by molar-refractivity contribution is 0.0879. The maximum atomic E-state index is 12.4. The lowest BCUT2D eigenvalue weighted by Crippen LogP contribution is -2.21. The van der Waals surface area contributed by atoms with E-state index in [1.807, 2.05) is 26.0 Å². The molecule has 2 aromatic rings.